The number of benzene rings is 1. The zero-order valence-electron chi connectivity index (χ0n) is 14.6. The third-order valence-electron chi connectivity index (χ3n) is 3.85. The average Bonchev–Trinajstić information content (AvgIpc) is 2.53. The quantitative estimate of drug-likeness (QED) is 0.584. The number of pyridine rings is 1. The fourth-order valence-electron chi connectivity index (χ4n) is 2.60. The summed E-state index contributed by atoms with van der Waals surface area (Å²) >= 11 is 8.08. The molecule has 0 bridgehead atoms. The Labute approximate surface area is 153 Å². The molecule has 130 valence electrons. The van der Waals surface area contributed by atoms with E-state index < -0.39 is 0 Å². The largest absolute Gasteiger partial charge is 0.349 e. The summed E-state index contributed by atoms with van der Waals surface area (Å²) in [5.41, 5.74) is 1.89. The van der Waals surface area contributed by atoms with E-state index in [1.165, 1.54) is 4.90 Å². The van der Waals surface area contributed by atoms with Gasteiger partial charge in [0, 0.05) is 21.9 Å². The van der Waals surface area contributed by atoms with Crippen molar-refractivity contribution in [3.8, 4) is 0 Å². The minimum Gasteiger partial charge on any atom is -0.349 e. The van der Waals surface area contributed by atoms with Gasteiger partial charge in [-0.15, -0.1) is 11.8 Å². The predicted molar refractivity (Wildman–Crippen MR) is 102 cm³/mol. The van der Waals surface area contributed by atoms with Gasteiger partial charge in [-0.25, -0.2) is 4.98 Å². The molecule has 0 saturated carbocycles. The highest BCUT2D eigenvalue weighted by Gasteiger charge is 2.16. The molecule has 2 N–H and O–H groups in total. The van der Waals surface area contributed by atoms with Crippen molar-refractivity contribution >= 4 is 40.2 Å². The molecule has 0 spiro atoms. The number of rotatable bonds is 7. The first-order chi connectivity index (χ1) is 11.4. The van der Waals surface area contributed by atoms with Gasteiger partial charge in [0.15, 0.2) is 6.54 Å². The number of carbonyl (C=O) groups excluding carboxylic acids is 1. The highest BCUT2D eigenvalue weighted by atomic mass is 35.5. The van der Waals surface area contributed by atoms with Crippen LogP contribution in [0.2, 0.25) is 5.15 Å². The lowest BCUT2D eigenvalue weighted by Gasteiger charge is -2.19. The van der Waals surface area contributed by atoms with Crippen LogP contribution < -0.4 is 10.2 Å². The maximum atomic E-state index is 12.0. The van der Waals surface area contributed by atoms with Crippen LogP contribution >= 0.6 is 23.4 Å². The standard InChI is InChI=1S/C18H24ClN3OS/c1-5-22(11-17(23)20-12(2)3)10-14-8-13-6-7-15(24-4)9-16(13)21-18(14)19/h6-9,12H,5,10-11H2,1-4H3,(H,20,23)/p+1. The maximum absolute atomic E-state index is 12.0. The van der Waals surface area contributed by atoms with Gasteiger partial charge in [0.25, 0.3) is 5.91 Å². The summed E-state index contributed by atoms with van der Waals surface area (Å²) in [4.78, 5) is 18.9. The fraction of sp³-hybridized carbons (Fsp3) is 0.444. The first kappa shape index (κ1) is 19.0. The number of thioether (sulfide) groups is 1. The van der Waals surface area contributed by atoms with Crippen molar-refractivity contribution in [2.75, 3.05) is 19.3 Å². The van der Waals surface area contributed by atoms with Crippen LogP contribution in [0.5, 0.6) is 0 Å². The van der Waals surface area contributed by atoms with Crippen LogP contribution in [0.4, 0.5) is 0 Å². The summed E-state index contributed by atoms with van der Waals surface area (Å²) in [6, 6.07) is 8.46. The molecule has 0 saturated heterocycles. The summed E-state index contributed by atoms with van der Waals surface area (Å²) in [7, 11) is 0. The number of carbonyl (C=O) groups is 1. The zero-order valence-corrected chi connectivity index (χ0v) is 16.2. The number of nitrogens with one attached hydrogen (secondary N) is 2. The number of amides is 1. The second kappa shape index (κ2) is 8.70. The molecule has 1 aromatic heterocycles. The van der Waals surface area contributed by atoms with Crippen molar-refractivity contribution in [3.63, 3.8) is 0 Å². The normalized spacial score (nSPS) is 12.6. The van der Waals surface area contributed by atoms with E-state index in [9.17, 15) is 4.79 Å². The summed E-state index contributed by atoms with van der Waals surface area (Å²) in [6.45, 7) is 7.99. The van der Waals surface area contributed by atoms with E-state index in [-0.39, 0.29) is 11.9 Å². The van der Waals surface area contributed by atoms with E-state index in [2.05, 4.69) is 41.5 Å². The molecular weight excluding hydrogens is 342 g/mol. The summed E-state index contributed by atoms with van der Waals surface area (Å²) in [5.74, 6) is 0.0660. The van der Waals surface area contributed by atoms with Gasteiger partial charge in [0.1, 0.15) is 11.7 Å². The molecule has 0 aliphatic rings. The van der Waals surface area contributed by atoms with Gasteiger partial charge in [0.05, 0.1) is 12.1 Å². The minimum atomic E-state index is 0.0660. The van der Waals surface area contributed by atoms with Crippen LogP contribution in [0.25, 0.3) is 10.9 Å². The smallest absolute Gasteiger partial charge is 0.275 e. The van der Waals surface area contributed by atoms with Crippen LogP contribution in [0, 0.1) is 0 Å². The Kier molecular flexibility index (Phi) is 6.90. The Balaban J connectivity index is 2.18. The van der Waals surface area contributed by atoms with Gasteiger partial charge in [-0.2, -0.15) is 0 Å². The SMILES string of the molecule is CC[NH+](CC(=O)NC(C)C)Cc1cc2ccc(SC)cc2nc1Cl. The van der Waals surface area contributed by atoms with Crippen molar-refractivity contribution < 1.29 is 9.69 Å². The minimum absolute atomic E-state index is 0.0660. The zero-order chi connectivity index (χ0) is 17.7. The van der Waals surface area contributed by atoms with Crippen molar-refractivity contribution in [1.82, 2.24) is 10.3 Å². The van der Waals surface area contributed by atoms with Crippen LogP contribution in [0.3, 0.4) is 0 Å². The van der Waals surface area contributed by atoms with E-state index in [0.717, 1.165) is 27.9 Å². The molecule has 0 radical (unpaired) electrons. The number of quaternary nitrogens is 1. The molecule has 1 amide bonds. The highest BCUT2D eigenvalue weighted by Crippen LogP contribution is 2.24. The Hall–Kier alpha value is -1.30. The van der Waals surface area contributed by atoms with Crippen molar-refractivity contribution in [1.29, 1.82) is 0 Å². The second-order valence-corrected chi connectivity index (χ2v) is 7.41. The first-order valence-corrected chi connectivity index (χ1v) is 9.79. The second-order valence-electron chi connectivity index (χ2n) is 6.18. The molecule has 1 atom stereocenters. The molecule has 0 aliphatic carbocycles. The van der Waals surface area contributed by atoms with Gasteiger partial charge in [-0.3, -0.25) is 4.79 Å². The van der Waals surface area contributed by atoms with Crippen LogP contribution in [0.15, 0.2) is 29.2 Å². The molecular formula is C18H25ClN3OS+. The number of hydrogen-bond acceptors (Lipinski definition) is 3. The third kappa shape index (κ3) is 5.10. The van der Waals surface area contributed by atoms with Gasteiger partial charge in [-0.05, 0) is 45.2 Å². The summed E-state index contributed by atoms with van der Waals surface area (Å²) in [5, 5.41) is 4.54. The lowest BCUT2D eigenvalue weighted by atomic mass is 10.1. The molecule has 4 nitrogen and oxygen atoms in total. The van der Waals surface area contributed by atoms with Crippen molar-refractivity contribution in [2.45, 2.75) is 38.3 Å². The summed E-state index contributed by atoms with van der Waals surface area (Å²) < 4.78 is 0. The van der Waals surface area contributed by atoms with Gasteiger partial charge in [-0.1, -0.05) is 17.7 Å². The lowest BCUT2D eigenvalue weighted by molar-refractivity contribution is -0.904. The van der Waals surface area contributed by atoms with Gasteiger partial charge >= 0.3 is 0 Å². The first-order valence-electron chi connectivity index (χ1n) is 8.19. The molecule has 1 unspecified atom stereocenters. The fourth-order valence-corrected chi connectivity index (χ4v) is 3.25. The predicted octanol–water partition coefficient (Wildman–Crippen LogP) is 2.54. The van der Waals surface area contributed by atoms with Crippen molar-refractivity contribution in [2.24, 2.45) is 0 Å². The van der Waals surface area contributed by atoms with E-state index in [4.69, 9.17) is 11.6 Å². The molecule has 0 aliphatic heterocycles. The van der Waals surface area contributed by atoms with Gasteiger partial charge in [0.2, 0.25) is 0 Å². The van der Waals surface area contributed by atoms with E-state index in [1.54, 1.807) is 11.8 Å². The number of nitrogens with zero attached hydrogens (tertiary/aromatic N) is 1. The number of halogens is 1. The molecule has 2 aromatic rings. The molecule has 1 heterocycles. The molecule has 2 rings (SSSR count). The van der Waals surface area contributed by atoms with E-state index in [0.29, 0.717) is 18.2 Å². The highest BCUT2D eigenvalue weighted by molar-refractivity contribution is 7.98. The van der Waals surface area contributed by atoms with Crippen LogP contribution in [0.1, 0.15) is 26.3 Å². The third-order valence-corrected chi connectivity index (χ3v) is 4.90. The summed E-state index contributed by atoms with van der Waals surface area (Å²) in [6.07, 6.45) is 2.04. The maximum Gasteiger partial charge on any atom is 0.275 e. The number of hydrogen-bond donors (Lipinski definition) is 2. The van der Waals surface area contributed by atoms with Crippen LogP contribution in [-0.4, -0.2) is 36.3 Å². The Morgan fingerprint density at radius 1 is 1.38 bits per heavy atom. The average molecular weight is 367 g/mol. The number of fused-ring (bicyclic) bond motifs is 1. The monoisotopic (exact) mass is 366 g/mol. The topological polar surface area (TPSA) is 46.4 Å². The molecule has 1 aromatic carbocycles. The van der Waals surface area contributed by atoms with Crippen LogP contribution in [-0.2, 0) is 11.3 Å². The number of likely N-dealkylation sites (N-methyl/N-ethyl adjacent to an activating group) is 1. The number of aromatic nitrogens is 1. The van der Waals surface area contributed by atoms with E-state index >= 15 is 0 Å². The molecule has 6 heteroatoms. The Morgan fingerprint density at radius 2 is 2.12 bits per heavy atom. The van der Waals surface area contributed by atoms with Gasteiger partial charge < -0.3 is 10.2 Å². The molecule has 0 fully saturated rings. The lowest BCUT2D eigenvalue weighted by Crippen LogP contribution is -3.11. The Morgan fingerprint density at radius 3 is 2.75 bits per heavy atom. The Bertz CT molecular complexity index is 721. The van der Waals surface area contributed by atoms with E-state index in [1.807, 2.05) is 20.1 Å². The molecule has 24 heavy (non-hydrogen) atoms. The van der Waals surface area contributed by atoms with Crippen molar-refractivity contribution in [3.05, 3.63) is 35.0 Å².